The predicted molar refractivity (Wildman–Crippen MR) is 89.1 cm³/mol. The van der Waals surface area contributed by atoms with Crippen molar-refractivity contribution in [3.63, 3.8) is 0 Å². The van der Waals surface area contributed by atoms with Gasteiger partial charge >= 0.3 is 0 Å². The Hall–Kier alpha value is -1.60. The van der Waals surface area contributed by atoms with Crippen LogP contribution in [0.25, 0.3) is 0 Å². The summed E-state index contributed by atoms with van der Waals surface area (Å²) in [4.78, 5) is 11.8. The quantitative estimate of drug-likeness (QED) is 0.799. The Morgan fingerprint density at radius 2 is 1.96 bits per heavy atom. The molecule has 0 aromatic heterocycles. The van der Waals surface area contributed by atoms with Gasteiger partial charge in [0.05, 0.1) is 17.2 Å². The van der Waals surface area contributed by atoms with Gasteiger partial charge in [-0.15, -0.1) is 0 Å². The second-order valence-electron chi connectivity index (χ2n) is 5.60. The largest absolute Gasteiger partial charge is 0.492 e. The van der Waals surface area contributed by atoms with Crippen LogP contribution in [0.5, 0.6) is 5.75 Å². The van der Waals surface area contributed by atoms with Gasteiger partial charge in [0.1, 0.15) is 5.75 Å². The number of ether oxygens (including phenoxy) is 1. The van der Waals surface area contributed by atoms with E-state index in [1.54, 1.807) is 13.0 Å². The second-order valence-corrected chi connectivity index (χ2v) is 7.31. The summed E-state index contributed by atoms with van der Waals surface area (Å²) in [6, 6.07) is 4.54. The maximum Gasteiger partial charge on any atom is 0.240 e. The fourth-order valence-electron chi connectivity index (χ4n) is 2.63. The molecule has 0 radical (unpaired) electrons. The normalized spacial score (nSPS) is 15.6. The lowest BCUT2D eigenvalue weighted by atomic mass is 10.3. The van der Waals surface area contributed by atoms with Gasteiger partial charge < -0.3 is 10.1 Å². The number of benzene rings is 1. The zero-order valence-corrected chi connectivity index (χ0v) is 14.4. The maximum absolute atomic E-state index is 12.5. The van der Waals surface area contributed by atoms with Crippen LogP contribution in [0.4, 0.5) is 5.69 Å². The molecule has 2 N–H and O–H groups in total. The fourth-order valence-corrected chi connectivity index (χ4v) is 3.96. The molecule has 7 heteroatoms. The number of hydrogen-bond donors (Lipinski definition) is 2. The van der Waals surface area contributed by atoms with Crippen molar-refractivity contribution >= 4 is 21.6 Å². The average Bonchev–Trinajstić information content (AvgIpc) is 3.01. The summed E-state index contributed by atoms with van der Waals surface area (Å²) in [7, 11) is -3.60. The number of hydrogen-bond acceptors (Lipinski definition) is 4. The Morgan fingerprint density at radius 1 is 1.26 bits per heavy atom. The number of rotatable bonds is 7. The highest BCUT2D eigenvalue weighted by atomic mass is 32.2. The summed E-state index contributed by atoms with van der Waals surface area (Å²) in [5.74, 6) is 0.276. The van der Waals surface area contributed by atoms with Gasteiger partial charge in [0.15, 0.2) is 0 Å². The summed E-state index contributed by atoms with van der Waals surface area (Å²) in [5.41, 5.74) is 0.382. The molecule has 128 valence electrons. The van der Waals surface area contributed by atoms with Crippen LogP contribution in [0.1, 0.15) is 46.0 Å². The van der Waals surface area contributed by atoms with Crippen LogP contribution in [0.2, 0.25) is 0 Å². The lowest BCUT2D eigenvalue weighted by molar-refractivity contribution is -0.115. The van der Waals surface area contributed by atoms with Crippen LogP contribution >= 0.6 is 0 Å². The first kappa shape index (κ1) is 17.7. The van der Waals surface area contributed by atoms with Crippen LogP contribution in [0.3, 0.4) is 0 Å². The van der Waals surface area contributed by atoms with Crippen LogP contribution in [0.15, 0.2) is 23.1 Å². The van der Waals surface area contributed by atoms with Gasteiger partial charge in [0.25, 0.3) is 0 Å². The molecule has 0 aliphatic heterocycles. The molecular weight excluding hydrogens is 316 g/mol. The standard InChI is InChI=1S/C16H24N2O4S/c1-3-16(19)17-14-11-13(9-10-15(14)22-4-2)23(20,21)18-12-7-5-6-8-12/h9-12,18H,3-8H2,1-2H3,(H,17,19). The number of nitrogens with one attached hydrogen (secondary N) is 2. The van der Waals surface area contributed by atoms with Crippen LogP contribution in [-0.2, 0) is 14.8 Å². The highest BCUT2D eigenvalue weighted by Gasteiger charge is 2.24. The van der Waals surface area contributed by atoms with Gasteiger partial charge in [-0.1, -0.05) is 19.8 Å². The molecule has 0 atom stereocenters. The van der Waals surface area contributed by atoms with Crippen LogP contribution in [-0.4, -0.2) is 27.0 Å². The lowest BCUT2D eigenvalue weighted by Gasteiger charge is -2.15. The van der Waals surface area contributed by atoms with Gasteiger partial charge in [-0.05, 0) is 38.0 Å². The topological polar surface area (TPSA) is 84.5 Å². The fraction of sp³-hybridized carbons (Fsp3) is 0.562. The molecule has 1 amide bonds. The van der Waals surface area contributed by atoms with Gasteiger partial charge in [-0.25, -0.2) is 13.1 Å². The van der Waals surface area contributed by atoms with E-state index in [1.807, 2.05) is 6.92 Å². The van der Waals surface area contributed by atoms with E-state index < -0.39 is 10.0 Å². The summed E-state index contributed by atoms with van der Waals surface area (Å²) in [6.45, 7) is 4.00. The minimum absolute atomic E-state index is 0.000233. The van der Waals surface area contributed by atoms with E-state index in [0.29, 0.717) is 24.5 Å². The van der Waals surface area contributed by atoms with Crippen LogP contribution < -0.4 is 14.8 Å². The molecule has 1 aliphatic rings. The predicted octanol–water partition coefficient (Wildman–Crippen LogP) is 2.65. The van der Waals surface area contributed by atoms with Crippen LogP contribution in [0, 0.1) is 0 Å². The van der Waals surface area contributed by atoms with E-state index in [9.17, 15) is 13.2 Å². The van der Waals surface area contributed by atoms with Crippen molar-refractivity contribution < 1.29 is 17.9 Å². The molecule has 1 aromatic carbocycles. The van der Waals surface area contributed by atoms with Crippen molar-refractivity contribution in [2.75, 3.05) is 11.9 Å². The molecule has 1 aliphatic carbocycles. The van der Waals surface area contributed by atoms with E-state index in [2.05, 4.69) is 10.0 Å². The van der Waals surface area contributed by atoms with Crippen molar-refractivity contribution in [1.29, 1.82) is 0 Å². The molecule has 0 heterocycles. The Labute approximate surface area is 137 Å². The number of anilines is 1. The monoisotopic (exact) mass is 340 g/mol. The van der Waals surface area contributed by atoms with Gasteiger partial charge in [0.2, 0.25) is 15.9 Å². The highest BCUT2D eigenvalue weighted by Crippen LogP contribution is 2.29. The van der Waals surface area contributed by atoms with Crippen molar-refractivity contribution in [1.82, 2.24) is 4.72 Å². The third kappa shape index (κ3) is 4.68. The van der Waals surface area contributed by atoms with E-state index in [4.69, 9.17) is 4.74 Å². The average molecular weight is 340 g/mol. The minimum atomic E-state index is -3.60. The number of sulfonamides is 1. The molecule has 23 heavy (non-hydrogen) atoms. The minimum Gasteiger partial charge on any atom is -0.492 e. The molecule has 0 saturated heterocycles. The zero-order valence-electron chi connectivity index (χ0n) is 13.6. The molecule has 1 fully saturated rings. The van der Waals surface area contributed by atoms with Gasteiger partial charge in [0, 0.05) is 12.5 Å². The summed E-state index contributed by atoms with van der Waals surface area (Å²) in [5, 5.41) is 2.69. The van der Waals surface area contributed by atoms with Gasteiger partial charge in [-0.3, -0.25) is 4.79 Å². The molecule has 1 aromatic rings. The van der Waals surface area contributed by atoms with Crippen molar-refractivity contribution in [3.05, 3.63) is 18.2 Å². The Balaban J connectivity index is 2.27. The first-order valence-electron chi connectivity index (χ1n) is 8.05. The zero-order chi connectivity index (χ0) is 16.9. The Morgan fingerprint density at radius 3 is 2.57 bits per heavy atom. The lowest BCUT2D eigenvalue weighted by Crippen LogP contribution is -2.32. The first-order chi connectivity index (χ1) is 11.0. The van der Waals surface area contributed by atoms with E-state index >= 15 is 0 Å². The molecule has 1 saturated carbocycles. The van der Waals surface area contributed by atoms with Crippen molar-refractivity contribution in [2.45, 2.75) is 56.9 Å². The van der Waals surface area contributed by atoms with Crippen molar-refractivity contribution in [2.24, 2.45) is 0 Å². The molecule has 0 unspecified atom stereocenters. The Bertz CT molecular complexity index is 652. The summed E-state index contributed by atoms with van der Waals surface area (Å²) in [6.07, 6.45) is 4.15. The number of amides is 1. The number of carbonyl (C=O) groups is 1. The SMILES string of the molecule is CCOc1ccc(S(=O)(=O)NC2CCCC2)cc1NC(=O)CC. The third-order valence-electron chi connectivity index (χ3n) is 3.83. The molecule has 0 spiro atoms. The Kier molecular flexibility index (Phi) is 6.01. The first-order valence-corrected chi connectivity index (χ1v) is 9.53. The second kappa shape index (κ2) is 7.79. The highest BCUT2D eigenvalue weighted by molar-refractivity contribution is 7.89. The number of carbonyl (C=O) groups excluding carboxylic acids is 1. The molecule has 0 bridgehead atoms. The smallest absolute Gasteiger partial charge is 0.240 e. The van der Waals surface area contributed by atoms with Gasteiger partial charge in [-0.2, -0.15) is 0 Å². The van der Waals surface area contributed by atoms with Crippen molar-refractivity contribution in [3.8, 4) is 5.75 Å². The summed E-state index contributed by atoms with van der Waals surface area (Å²) < 4.78 is 33.2. The maximum atomic E-state index is 12.5. The molecular formula is C16H24N2O4S. The van der Waals surface area contributed by atoms with E-state index in [1.165, 1.54) is 12.1 Å². The summed E-state index contributed by atoms with van der Waals surface area (Å²) >= 11 is 0. The van der Waals surface area contributed by atoms with E-state index in [-0.39, 0.29) is 16.8 Å². The molecule has 6 nitrogen and oxygen atoms in total. The third-order valence-corrected chi connectivity index (χ3v) is 5.35. The van der Waals surface area contributed by atoms with E-state index in [0.717, 1.165) is 25.7 Å². The molecule has 2 rings (SSSR count).